The van der Waals surface area contributed by atoms with Crippen molar-refractivity contribution in [2.75, 3.05) is 18.1 Å². The lowest BCUT2D eigenvalue weighted by molar-refractivity contribution is 0.750. The zero-order valence-corrected chi connectivity index (χ0v) is 14.6. The van der Waals surface area contributed by atoms with Crippen molar-refractivity contribution in [2.24, 2.45) is 4.99 Å². The fraction of sp³-hybridized carbons (Fsp3) is 0.316. The number of thioether (sulfide) groups is 1. The summed E-state index contributed by atoms with van der Waals surface area (Å²) >= 11 is 1.97. The van der Waals surface area contributed by atoms with E-state index >= 15 is 0 Å². The van der Waals surface area contributed by atoms with Crippen molar-refractivity contribution in [2.45, 2.75) is 18.9 Å². The fourth-order valence-electron chi connectivity index (χ4n) is 3.39. The van der Waals surface area contributed by atoms with Gasteiger partial charge in [-0.25, -0.2) is 0 Å². The normalized spacial score (nSPS) is 17.1. The summed E-state index contributed by atoms with van der Waals surface area (Å²) in [7, 11) is 0. The topological polar surface area (TPSA) is 24.4 Å². The molecule has 0 unspecified atom stereocenters. The summed E-state index contributed by atoms with van der Waals surface area (Å²) in [5, 5.41) is 3.74. The molecule has 1 N–H and O–H groups in total. The van der Waals surface area contributed by atoms with E-state index in [1.807, 2.05) is 11.8 Å². The summed E-state index contributed by atoms with van der Waals surface area (Å²) in [6.07, 6.45) is 2.24. The number of halogens is 1. The van der Waals surface area contributed by atoms with E-state index in [1.54, 1.807) is 0 Å². The number of hydrogen-bond donors (Lipinski definition) is 1. The molecule has 0 amide bonds. The van der Waals surface area contributed by atoms with E-state index in [1.165, 1.54) is 22.3 Å². The monoisotopic (exact) mass is 344 g/mol. The number of hydrogen-bond acceptors (Lipinski definition) is 3. The van der Waals surface area contributed by atoms with Crippen LogP contribution >= 0.6 is 24.2 Å². The maximum atomic E-state index is 4.68. The van der Waals surface area contributed by atoms with Gasteiger partial charge in [0, 0.05) is 5.75 Å². The lowest BCUT2D eigenvalue weighted by atomic mass is 9.94. The van der Waals surface area contributed by atoms with E-state index in [0.29, 0.717) is 0 Å². The first kappa shape index (κ1) is 16.4. The average molecular weight is 345 g/mol. The zero-order chi connectivity index (χ0) is 14.8. The molecule has 2 nitrogen and oxygen atoms in total. The first-order chi connectivity index (χ1) is 10.9. The van der Waals surface area contributed by atoms with Crippen molar-refractivity contribution in [3.63, 3.8) is 0 Å². The number of amidine groups is 1. The minimum Gasteiger partial charge on any atom is -0.362 e. The Balaban J connectivity index is 0.00000156. The van der Waals surface area contributed by atoms with E-state index in [9.17, 15) is 0 Å². The van der Waals surface area contributed by atoms with Crippen LogP contribution in [0.1, 0.15) is 28.3 Å². The Labute approximate surface area is 148 Å². The molecule has 1 aliphatic heterocycles. The number of aryl methyl sites for hydroxylation is 2. The number of fused-ring (bicyclic) bond motifs is 2. The quantitative estimate of drug-likeness (QED) is 0.844. The molecule has 0 saturated heterocycles. The van der Waals surface area contributed by atoms with Gasteiger partial charge in [0.25, 0.3) is 0 Å². The number of aliphatic imine (C=N–C) groups is 1. The van der Waals surface area contributed by atoms with Crippen molar-refractivity contribution >= 4 is 30.0 Å². The van der Waals surface area contributed by atoms with Crippen LogP contribution in [0.25, 0.3) is 0 Å². The van der Waals surface area contributed by atoms with E-state index in [4.69, 9.17) is 0 Å². The Bertz CT molecular complexity index is 667. The lowest BCUT2D eigenvalue weighted by Gasteiger charge is -2.25. The number of nitrogens with one attached hydrogen (secondary N) is 1. The minimum atomic E-state index is 0. The van der Waals surface area contributed by atoms with Gasteiger partial charge in [-0.3, -0.25) is 4.99 Å². The van der Waals surface area contributed by atoms with Crippen molar-refractivity contribution in [1.29, 1.82) is 0 Å². The molecule has 1 aliphatic carbocycles. The Morgan fingerprint density at radius 3 is 2.09 bits per heavy atom. The molecule has 120 valence electrons. The van der Waals surface area contributed by atoms with Crippen LogP contribution in [-0.2, 0) is 12.8 Å². The molecule has 0 fully saturated rings. The van der Waals surface area contributed by atoms with E-state index < -0.39 is 0 Å². The second kappa shape index (κ2) is 7.41. The molecule has 0 aromatic heterocycles. The Morgan fingerprint density at radius 2 is 1.52 bits per heavy atom. The van der Waals surface area contributed by atoms with Gasteiger partial charge in [-0.05, 0) is 35.1 Å². The predicted octanol–water partition coefficient (Wildman–Crippen LogP) is 4.03. The molecule has 2 aliphatic rings. The SMILES string of the molecule is Cl.c1ccc2c(c1)CCc1ccccc1C2NC1=NCCSC1. The molecule has 0 bridgehead atoms. The number of benzene rings is 2. The summed E-state index contributed by atoms with van der Waals surface area (Å²) < 4.78 is 0. The standard InChI is InChI=1S/C19H20N2S.ClH/c1-3-7-16-14(5-1)9-10-15-6-2-4-8-17(15)19(16)21-18-13-22-12-11-20-18;/h1-8,19H,9-13H2,(H,20,21);1H. The molecule has 0 saturated carbocycles. The molecular weight excluding hydrogens is 324 g/mol. The second-order valence-corrected chi connectivity index (χ2v) is 6.96. The molecular formula is C19H21ClN2S. The molecule has 2 aromatic rings. The maximum Gasteiger partial charge on any atom is 0.107 e. The third-order valence-electron chi connectivity index (χ3n) is 4.48. The molecule has 23 heavy (non-hydrogen) atoms. The van der Waals surface area contributed by atoms with Crippen molar-refractivity contribution in [3.05, 3.63) is 70.8 Å². The molecule has 1 heterocycles. The predicted molar refractivity (Wildman–Crippen MR) is 102 cm³/mol. The van der Waals surface area contributed by atoms with Gasteiger partial charge < -0.3 is 5.32 Å². The van der Waals surface area contributed by atoms with Crippen LogP contribution < -0.4 is 5.32 Å². The summed E-state index contributed by atoms with van der Waals surface area (Å²) in [5.74, 6) is 3.29. The minimum absolute atomic E-state index is 0. The third kappa shape index (κ3) is 3.41. The van der Waals surface area contributed by atoms with Crippen molar-refractivity contribution < 1.29 is 0 Å². The number of nitrogens with zero attached hydrogens (tertiary/aromatic N) is 1. The van der Waals surface area contributed by atoms with Crippen LogP contribution in [0.15, 0.2) is 53.5 Å². The maximum absolute atomic E-state index is 4.68. The Kier molecular flexibility index (Phi) is 5.29. The molecule has 0 radical (unpaired) electrons. The first-order valence-corrected chi connectivity index (χ1v) is 9.10. The van der Waals surface area contributed by atoms with Crippen LogP contribution in [0, 0.1) is 0 Å². The largest absolute Gasteiger partial charge is 0.362 e. The average Bonchev–Trinajstić information content (AvgIpc) is 2.74. The Hall–Kier alpha value is -1.45. The third-order valence-corrected chi connectivity index (χ3v) is 5.43. The number of rotatable bonds is 1. The van der Waals surface area contributed by atoms with Gasteiger partial charge >= 0.3 is 0 Å². The van der Waals surface area contributed by atoms with E-state index in [0.717, 1.165) is 36.7 Å². The Morgan fingerprint density at radius 1 is 0.913 bits per heavy atom. The van der Waals surface area contributed by atoms with Crippen LogP contribution in [0.3, 0.4) is 0 Å². The van der Waals surface area contributed by atoms with Gasteiger partial charge in [0.2, 0.25) is 0 Å². The first-order valence-electron chi connectivity index (χ1n) is 7.95. The van der Waals surface area contributed by atoms with Crippen LogP contribution in [0.4, 0.5) is 0 Å². The highest BCUT2D eigenvalue weighted by Crippen LogP contribution is 2.32. The van der Waals surface area contributed by atoms with Crippen molar-refractivity contribution in [1.82, 2.24) is 5.32 Å². The summed E-state index contributed by atoms with van der Waals surface area (Å²) in [6.45, 7) is 0.934. The van der Waals surface area contributed by atoms with Crippen LogP contribution in [0.2, 0.25) is 0 Å². The van der Waals surface area contributed by atoms with Crippen molar-refractivity contribution in [3.8, 4) is 0 Å². The molecule has 4 heteroatoms. The van der Waals surface area contributed by atoms with E-state index in [-0.39, 0.29) is 18.4 Å². The molecule has 2 aromatic carbocycles. The summed E-state index contributed by atoms with van der Waals surface area (Å²) in [4.78, 5) is 4.68. The molecule has 0 atom stereocenters. The fourth-order valence-corrected chi connectivity index (χ4v) is 4.13. The summed E-state index contributed by atoms with van der Waals surface area (Å²) in [5.41, 5.74) is 5.73. The van der Waals surface area contributed by atoms with Gasteiger partial charge in [-0.2, -0.15) is 11.8 Å². The van der Waals surface area contributed by atoms with E-state index in [2.05, 4.69) is 58.8 Å². The van der Waals surface area contributed by atoms with Gasteiger partial charge in [0.05, 0.1) is 18.3 Å². The van der Waals surface area contributed by atoms with Gasteiger partial charge in [0.1, 0.15) is 5.84 Å². The zero-order valence-electron chi connectivity index (χ0n) is 13.0. The van der Waals surface area contributed by atoms with Gasteiger partial charge in [-0.15, -0.1) is 12.4 Å². The van der Waals surface area contributed by atoms with Crippen LogP contribution in [-0.4, -0.2) is 23.9 Å². The van der Waals surface area contributed by atoms with Gasteiger partial charge in [0.15, 0.2) is 0 Å². The highest BCUT2D eigenvalue weighted by Gasteiger charge is 2.24. The van der Waals surface area contributed by atoms with Crippen LogP contribution in [0.5, 0.6) is 0 Å². The highest BCUT2D eigenvalue weighted by atomic mass is 35.5. The summed E-state index contributed by atoms with van der Waals surface area (Å²) in [6, 6.07) is 17.9. The lowest BCUT2D eigenvalue weighted by Crippen LogP contribution is -2.33. The van der Waals surface area contributed by atoms with Gasteiger partial charge in [-0.1, -0.05) is 48.5 Å². The second-order valence-electron chi connectivity index (χ2n) is 5.86. The molecule has 4 rings (SSSR count). The smallest absolute Gasteiger partial charge is 0.107 e. The molecule has 0 spiro atoms. The highest BCUT2D eigenvalue weighted by molar-refractivity contribution is 8.00.